The van der Waals surface area contributed by atoms with Crippen LogP contribution >= 0.6 is 0 Å². The number of benzene rings is 1. The monoisotopic (exact) mass is 346 g/mol. The third-order valence-electron chi connectivity index (χ3n) is 5.81. The standard InChI is InChI=1S/C21H34N2O2/c1-15-8-6-12-23(15)18(4)20-10-11-21(17(3)16(20)2)25-14-19(22-5)9-7-13-24/h10-11,13,15,18-19,22H,6-9,12,14H2,1-5H3/t15?,18?,19-/m1/s1. The zero-order valence-electron chi connectivity index (χ0n) is 16.5. The largest absolute Gasteiger partial charge is 0.492 e. The molecule has 4 heteroatoms. The molecule has 0 bridgehead atoms. The lowest BCUT2D eigenvalue weighted by atomic mass is 9.96. The number of carbonyl (C=O) groups excluding carboxylic acids is 1. The molecule has 140 valence electrons. The van der Waals surface area contributed by atoms with Crippen molar-refractivity contribution in [3.8, 4) is 5.75 Å². The highest BCUT2D eigenvalue weighted by Crippen LogP contribution is 2.34. The number of ether oxygens (including phenoxy) is 1. The van der Waals surface area contributed by atoms with Gasteiger partial charge in [-0.3, -0.25) is 4.90 Å². The lowest BCUT2D eigenvalue weighted by Crippen LogP contribution is -2.32. The molecule has 1 fully saturated rings. The van der Waals surface area contributed by atoms with Gasteiger partial charge in [-0.2, -0.15) is 0 Å². The summed E-state index contributed by atoms with van der Waals surface area (Å²) in [6.45, 7) is 10.8. The highest BCUT2D eigenvalue weighted by Gasteiger charge is 2.27. The molecule has 4 nitrogen and oxygen atoms in total. The van der Waals surface area contributed by atoms with E-state index < -0.39 is 0 Å². The van der Waals surface area contributed by atoms with E-state index in [0.717, 1.165) is 18.5 Å². The highest BCUT2D eigenvalue weighted by atomic mass is 16.5. The third kappa shape index (κ3) is 4.83. The van der Waals surface area contributed by atoms with Gasteiger partial charge in [0.15, 0.2) is 0 Å². The number of carbonyl (C=O) groups is 1. The molecule has 1 aromatic rings. The molecule has 0 aliphatic carbocycles. The van der Waals surface area contributed by atoms with Gasteiger partial charge in [-0.05, 0) is 83.3 Å². The molecule has 2 rings (SSSR count). The number of hydrogen-bond donors (Lipinski definition) is 1. The summed E-state index contributed by atoms with van der Waals surface area (Å²) < 4.78 is 6.06. The van der Waals surface area contributed by atoms with Crippen LogP contribution in [0.25, 0.3) is 0 Å². The molecule has 1 aromatic carbocycles. The average Bonchev–Trinajstić information content (AvgIpc) is 3.04. The smallest absolute Gasteiger partial charge is 0.122 e. The Morgan fingerprint density at radius 1 is 1.36 bits per heavy atom. The summed E-state index contributed by atoms with van der Waals surface area (Å²) in [4.78, 5) is 13.2. The number of aldehydes is 1. The first kappa shape index (κ1) is 19.9. The second kappa shape index (κ2) is 9.35. The van der Waals surface area contributed by atoms with Gasteiger partial charge in [0.25, 0.3) is 0 Å². The molecule has 0 spiro atoms. The molecular formula is C21H34N2O2. The van der Waals surface area contributed by atoms with Gasteiger partial charge in [-0.25, -0.2) is 0 Å². The van der Waals surface area contributed by atoms with Crippen molar-refractivity contribution in [2.75, 3.05) is 20.2 Å². The number of likely N-dealkylation sites (tertiary alicyclic amines) is 1. The molecule has 0 radical (unpaired) electrons. The third-order valence-corrected chi connectivity index (χ3v) is 5.81. The number of nitrogens with one attached hydrogen (secondary N) is 1. The van der Waals surface area contributed by atoms with Crippen molar-refractivity contribution in [3.05, 3.63) is 28.8 Å². The molecule has 1 N–H and O–H groups in total. The Bertz CT molecular complexity index is 573. The lowest BCUT2D eigenvalue weighted by molar-refractivity contribution is -0.108. The van der Waals surface area contributed by atoms with Gasteiger partial charge in [-0.1, -0.05) is 6.07 Å². The first-order chi connectivity index (χ1) is 12.0. The summed E-state index contributed by atoms with van der Waals surface area (Å²) in [5, 5.41) is 3.22. The van der Waals surface area contributed by atoms with Gasteiger partial charge in [0.05, 0.1) is 0 Å². The molecule has 3 atom stereocenters. The fraction of sp³-hybridized carbons (Fsp3) is 0.667. The van der Waals surface area contributed by atoms with E-state index in [1.165, 1.54) is 36.1 Å². The molecule has 2 unspecified atom stereocenters. The van der Waals surface area contributed by atoms with Crippen LogP contribution < -0.4 is 10.1 Å². The van der Waals surface area contributed by atoms with Crippen molar-refractivity contribution < 1.29 is 9.53 Å². The summed E-state index contributed by atoms with van der Waals surface area (Å²) in [5.41, 5.74) is 3.96. The molecule has 0 amide bonds. The molecule has 1 heterocycles. The summed E-state index contributed by atoms with van der Waals surface area (Å²) in [6.07, 6.45) is 4.94. The predicted octanol–water partition coefficient (Wildman–Crippen LogP) is 3.79. The Morgan fingerprint density at radius 3 is 2.72 bits per heavy atom. The molecule has 1 aliphatic heterocycles. The average molecular weight is 347 g/mol. The van der Waals surface area contributed by atoms with Gasteiger partial charge < -0.3 is 14.8 Å². The van der Waals surface area contributed by atoms with Gasteiger partial charge in [0.1, 0.15) is 18.6 Å². The predicted molar refractivity (Wildman–Crippen MR) is 103 cm³/mol. The van der Waals surface area contributed by atoms with E-state index in [0.29, 0.717) is 25.1 Å². The van der Waals surface area contributed by atoms with E-state index in [1.807, 2.05) is 7.05 Å². The van der Waals surface area contributed by atoms with Crippen LogP contribution in [0, 0.1) is 13.8 Å². The second-order valence-electron chi connectivity index (χ2n) is 7.35. The zero-order chi connectivity index (χ0) is 18.4. The summed E-state index contributed by atoms with van der Waals surface area (Å²) in [7, 11) is 1.92. The number of likely N-dealkylation sites (N-methyl/N-ethyl adjacent to an activating group) is 1. The van der Waals surface area contributed by atoms with Crippen LogP contribution in [0.5, 0.6) is 5.75 Å². The van der Waals surface area contributed by atoms with Crippen LogP contribution in [0.4, 0.5) is 0 Å². The first-order valence-electron chi connectivity index (χ1n) is 9.59. The number of hydrogen-bond acceptors (Lipinski definition) is 4. The SMILES string of the molecule is CN[C@H](CCC=O)COc1ccc(C(C)N2CCCC2C)c(C)c1C. The van der Waals surface area contributed by atoms with Crippen LogP contribution in [-0.2, 0) is 4.79 Å². The maximum absolute atomic E-state index is 10.6. The minimum absolute atomic E-state index is 0.203. The van der Waals surface area contributed by atoms with E-state index in [1.54, 1.807) is 0 Å². The molecule has 0 saturated carbocycles. The van der Waals surface area contributed by atoms with E-state index in [2.05, 4.69) is 50.0 Å². The summed E-state index contributed by atoms with van der Waals surface area (Å²) >= 11 is 0. The molecule has 25 heavy (non-hydrogen) atoms. The zero-order valence-corrected chi connectivity index (χ0v) is 16.5. The minimum atomic E-state index is 0.203. The Labute approximate surface area is 152 Å². The van der Waals surface area contributed by atoms with Gasteiger partial charge in [0.2, 0.25) is 0 Å². The quantitative estimate of drug-likeness (QED) is 0.691. The Balaban J connectivity index is 2.07. The van der Waals surface area contributed by atoms with Crippen molar-refractivity contribution in [3.63, 3.8) is 0 Å². The normalized spacial score (nSPS) is 20.4. The van der Waals surface area contributed by atoms with E-state index in [4.69, 9.17) is 4.74 Å². The molecule has 1 aliphatic rings. The maximum atomic E-state index is 10.6. The van der Waals surface area contributed by atoms with Crippen molar-refractivity contribution in [2.45, 2.75) is 71.5 Å². The maximum Gasteiger partial charge on any atom is 0.122 e. The number of nitrogens with zero attached hydrogens (tertiary/aromatic N) is 1. The van der Waals surface area contributed by atoms with Gasteiger partial charge in [-0.15, -0.1) is 0 Å². The highest BCUT2D eigenvalue weighted by molar-refractivity contribution is 5.49. The van der Waals surface area contributed by atoms with E-state index in [-0.39, 0.29) is 6.04 Å². The molecule has 1 saturated heterocycles. The minimum Gasteiger partial charge on any atom is -0.492 e. The lowest BCUT2D eigenvalue weighted by Gasteiger charge is -2.30. The summed E-state index contributed by atoms with van der Waals surface area (Å²) in [5.74, 6) is 0.953. The van der Waals surface area contributed by atoms with Crippen LogP contribution in [-0.4, -0.2) is 43.5 Å². The van der Waals surface area contributed by atoms with Gasteiger partial charge >= 0.3 is 0 Å². The van der Waals surface area contributed by atoms with Crippen molar-refractivity contribution in [2.24, 2.45) is 0 Å². The number of rotatable bonds is 9. The van der Waals surface area contributed by atoms with E-state index in [9.17, 15) is 4.79 Å². The summed E-state index contributed by atoms with van der Waals surface area (Å²) in [6, 6.07) is 5.66. The van der Waals surface area contributed by atoms with E-state index >= 15 is 0 Å². The second-order valence-corrected chi connectivity index (χ2v) is 7.35. The Morgan fingerprint density at radius 2 is 2.12 bits per heavy atom. The van der Waals surface area contributed by atoms with Crippen molar-refractivity contribution in [1.29, 1.82) is 0 Å². The first-order valence-corrected chi connectivity index (χ1v) is 9.59. The van der Waals surface area contributed by atoms with Gasteiger partial charge in [0, 0.05) is 24.5 Å². The Hall–Kier alpha value is -1.39. The van der Waals surface area contributed by atoms with Crippen molar-refractivity contribution in [1.82, 2.24) is 10.2 Å². The van der Waals surface area contributed by atoms with Crippen LogP contribution in [0.1, 0.15) is 62.3 Å². The molecule has 0 aromatic heterocycles. The van der Waals surface area contributed by atoms with Crippen LogP contribution in [0.15, 0.2) is 12.1 Å². The Kier molecular flexibility index (Phi) is 7.45. The van der Waals surface area contributed by atoms with Crippen LogP contribution in [0.2, 0.25) is 0 Å². The molecular weight excluding hydrogens is 312 g/mol. The van der Waals surface area contributed by atoms with Crippen molar-refractivity contribution >= 4 is 6.29 Å². The fourth-order valence-electron chi connectivity index (χ4n) is 3.91. The fourth-order valence-corrected chi connectivity index (χ4v) is 3.91. The van der Waals surface area contributed by atoms with Crippen LogP contribution in [0.3, 0.4) is 0 Å². The topological polar surface area (TPSA) is 41.6 Å².